The maximum absolute atomic E-state index is 12.7. The molecule has 0 fully saturated rings. The van der Waals surface area contributed by atoms with Crippen LogP contribution in [0.3, 0.4) is 0 Å². The second kappa shape index (κ2) is 6.78. The van der Waals surface area contributed by atoms with Crippen LogP contribution < -0.4 is 4.80 Å². The number of amides is 1. The van der Waals surface area contributed by atoms with Gasteiger partial charge < -0.3 is 9.30 Å². The minimum Gasteiger partial charge on any atom is -0.468 e. The molecule has 1 aromatic heterocycles. The molecule has 0 atom stereocenters. The molecule has 0 spiro atoms. The van der Waals surface area contributed by atoms with Crippen LogP contribution in [0.4, 0.5) is 13.2 Å². The summed E-state index contributed by atoms with van der Waals surface area (Å²) in [4.78, 5) is 27.3. The summed E-state index contributed by atoms with van der Waals surface area (Å²) >= 11 is 1.08. The number of esters is 1. The minimum atomic E-state index is -4.54. The van der Waals surface area contributed by atoms with Gasteiger partial charge in [0, 0.05) is 17.1 Å². The van der Waals surface area contributed by atoms with Crippen LogP contribution >= 0.6 is 11.3 Å². The van der Waals surface area contributed by atoms with E-state index in [0.717, 1.165) is 29.5 Å². The molecular weight excluding hydrogens is 333 g/mol. The van der Waals surface area contributed by atoms with Gasteiger partial charge in [0.1, 0.15) is 6.54 Å². The lowest BCUT2D eigenvalue weighted by atomic mass is 10.1. The van der Waals surface area contributed by atoms with Crippen molar-refractivity contribution in [3.05, 3.63) is 51.8 Å². The number of alkyl halides is 3. The summed E-state index contributed by atoms with van der Waals surface area (Å²) in [5.74, 6) is -1.35. The number of thiazole rings is 1. The first-order valence-electron chi connectivity index (χ1n) is 6.28. The molecule has 0 saturated heterocycles. The van der Waals surface area contributed by atoms with Gasteiger partial charge in [0.15, 0.2) is 4.80 Å². The number of ether oxygens (including phenoxy) is 1. The zero-order valence-corrected chi connectivity index (χ0v) is 12.6. The van der Waals surface area contributed by atoms with Gasteiger partial charge in [-0.2, -0.15) is 18.2 Å². The smallest absolute Gasteiger partial charge is 0.416 e. The fourth-order valence-electron chi connectivity index (χ4n) is 1.69. The maximum atomic E-state index is 12.7. The number of methoxy groups -OCH3 is 1. The Kier molecular flexibility index (Phi) is 4.99. The Morgan fingerprint density at radius 1 is 1.35 bits per heavy atom. The summed E-state index contributed by atoms with van der Waals surface area (Å²) in [6, 6.07) is 4.01. The van der Waals surface area contributed by atoms with E-state index in [0.29, 0.717) is 0 Å². The molecule has 1 heterocycles. The fraction of sp³-hybridized carbons (Fsp3) is 0.214. The number of nitrogens with zero attached hydrogens (tertiary/aromatic N) is 2. The molecule has 0 N–H and O–H groups in total. The first-order valence-corrected chi connectivity index (χ1v) is 7.16. The molecule has 1 amide bonds. The van der Waals surface area contributed by atoms with E-state index in [9.17, 15) is 22.8 Å². The second-order valence-corrected chi connectivity index (χ2v) is 5.26. The van der Waals surface area contributed by atoms with Crippen molar-refractivity contribution in [2.45, 2.75) is 12.7 Å². The van der Waals surface area contributed by atoms with E-state index >= 15 is 0 Å². The van der Waals surface area contributed by atoms with Gasteiger partial charge in [0.2, 0.25) is 0 Å². The van der Waals surface area contributed by atoms with Crippen molar-refractivity contribution >= 4 is 23.2 Å². The highest BCUT2D eigenvalue weighted by Crippen LogP contribution is 2.29. The third-order valence-corrected chi connectivity index (χ3v) is 3.62. The van der Waals surface area contributed by atoms with Gasteiger partial charge in [0.25, 0.3) is 5.91 Å². The molecule has 0 bridgehead atoms. The summed E-state index contributed by atoms with van der Waals surface area (Å²) in [5.41, 5.74) is -1.11. The highest BCUT2D eigenvalue weighted by atomic mass is 32.1. The van der Waals surface area contributed by atoms with E-state index in [2.05, 4.69) is 9.73 Å². The lowest BCUT2D eigenvalue weighted by Crippen LogP contribution is -2.21. The fourth-order valence-corrected chi connectivity index (χ4v) is 2.42. The van der Waals surface area contributed by atoms with Crippen LogP contribution in [0.1, 0.15) is 15.9 Å². The van der Waals surface area contributed by atoms with Gasteiger partial charge >= 0.3 is 12.1 Å². The molecule has 0 aliphatic rings. The molecule has 1 aromatic carbocycles. The third kappa shape index (κ3) is 4.28. The van der Waals surface area contributed by atoms with Crippen LogP contribution in [0.5, 0.6) is 0 Å². The van der Waals surface area contributed by atoms with Gasteiger partial charge in [-0.05, 0) is 18.2 Å². The number of rotatable bonds is 3. The number of carbonyl (C=O) groups is 2. The first kappa shape index (κ1) is 16.9. The van der Waals surface area contributed by atoms with Gasteiger partial charge in [-0.15, -0.1) is 11.3 Å². The standard InChI is InChI=1S/C14H11F3N2O3S/c1-22-11(20)8-19-5-6-23-13(19)18-12(21)9-3-2-4-10(7-9)14(15,16)17/h2-7H,8H2,1H3. The van der Waals surface area contributed by atoms with E-state index in [4.69, 9.17) is 0 Å². The van der Waals surface area contributed by atoms with E-state index in [1.807, 2.05) is 0 Å². The van der Waals surface area contributed by atoms with Crippen LogP contribution in [0, 0.1) is 0 Å². The second-order valence-electron chi connectivity index (χ2n) is 4.39. The van der Waals surface area contributed by atoms with E-state index in [-0.39, 0.29) is 16.9 Å². The predicted octanol–water partition coefficient (Wildman–Crippen LogP) is 2.48. The Bertz CT molecular complexity index is 793. The quantitative estimate of drug-likeness (QED) is 0.804. The van der Waals surface area contributed by atoms with E-state index in [1.54, 1.807) is 5.38 Å². The number of hydrogen-bond donors (Lipinski definition) is 0. The van der Waals surface area contributed by atoms with Crippen molar-refractivity contribution in [2.75, 3.05) is 7.11 Å². The number of benzene rings is 1. The third-order valence-electron chi connectivity index (χ3n) is 2.82. The number of carbonyl (C=O) groups excluding carboxylic acids is 2. The summed E-state index contributed by atoms with van der Waals surface area (Å²) < 4.78 is 43.9. The Morgan fingerprint density at radius 3 is 2.74 bits per heavy atom. The molecule has 0 aliphatic heterocycles. The van der Waals surface area contributed by atoms with Crippen molar-refractivity contribution in [2.24, 2.45) is 4.99 Å². The maximum Gasteiger partial charge on any atom is 0.416 e. The zero-order chi connectivity index (χ0) is 17.0. The van der Waals surface area contributed by atoms with Crippen molar-refractivity contribution < 1.29 is 27.5 Å². The monoisotopic (exact) mass is 344 g/mol. The van der Waals surface area contributed by atoms with E-state index < -0.39 is 23.6 Å². The molecule has 5 nitrogen and oxygen atoms in total. The minimum absolute atomic E-state index is 0.144. The van der Waals surface area contributed by atoms with Gasteiger partial charge in [0.05, 0.1) is 12.7 Å². The topological polar surface area (TPSA) is 60.7 Å². The van der Waals surface area contributed by atoms with Crippen molar-refractivity contribution in [3.8, 4) is 0 Å². The zero-order valence-electron chi connectivity index (χ0n) is 11.8. The van der Waals surface area contributed by atoms with Gasteiger partial charge in [-0.1, -0.05) is 6.07 Å². The molecule has 9 heteroatoms. The lowest BCUT2D eigenvalue weighted by molar-refractivity contribution is -0.141. The summed E-state index contributed by atoms with van der Waals surface area (Å²) in [6.45, 7) is -0.144. The first-order chi connectivity index (χ1) is 10.8. The Morgan fingerprint density at radius 2 is 2.09 bits per heavy atom. The van der Waals surface area contributed by atoms with Crippen molar-refractivity contribution in [1.82, 2.24) is 4.57 Å². The Balaban J connectivity index is 2.32. The molecule has 2 aromatic rings. The lowest BCUT2D eigenvalue weighted by Gasteiger charge is -2.06. The van der Waals surface area contributed by atoms with Crippen LogP contribution in [-0.4, -0.2) is 23.6 Å². The van der Waals surface area contributed by atoms with Crippen molar-refractivity contribution in [1.29, 1.82) is 0 Å². The van der Waals surface area contributed by atoms with Crippen LogP contribution in [-0.2, 0) is 22.3 Å². The highest BCUT2D eigenvalue weighted by Gasteiger charge is 2.30. The van der Waals surface area contributed by atoms with Crippen LogP contribution in [0.15, 0.2) is 40.8 Å². The highest BCUT2D eigenvalue weighted by molar-refractivity contribution is 7.07. The molecular formula is C14H11F3N2O3S. The molecule has 0 radical (unpaired) electrons. The van der Waals surface area contributed by atoms with Gasteiger partial charge in [-0.3, -0.25) is 9.59 Å². The average molecular weight is 344 g/mol. The van der Waals surface area contributed by atoms with Crippen molar-refractivity contribution in [3.63, 3.8) is 0 Å². The molecule has 2 rings (SSSR count). The molecule has 23 heavy (non-hydrogen) atoms. The Hall–Kier alpha value is -2.42. The summed E-state index contributed by atoms with van der Waals surface area (Å²) in [5, 5.41) is 1.60. The SMILES string of the molecule is COC(=O)Cn1ccsc1=NC(=O)c1cccc(C(F)(F)F)c1. The number of halogens is 3. The molecule has 0 unspecified atom stereocenters. The average Bonchev–Trinajstić information content (AvgIpc) is 2.93. The molecule has 122 valence electrons. The predicted molar refractivity (Wildman–Crippen MR) is 75.7 cm³/mol. The molecule has 0 aliphatic carbocycles. The molecule has 0 saturated carbocycles. The number of hydrogen-bond acceptors (Lipinski definition) is 4. The van der Waals surface area contributed by atoms with E-state index in [1.165, 1.54) is 23.9 Å². The van der Waals surface area contributed by atoms with Crippen LogP contribution in [0.2, 0.25) is 0 Å². The summed E-state index contributed by atoms with van der Waals surface area (Å²) in [7, 11) is 1.22. The largest absolute Gasteiger partial charge is 0.468 e. The Labute approximate surface area is 132 Å². The number of aromatic nitrogens is 1. The summed E-state index contributed by atoms with van der Waals surface area (Å²) in [6.07, 6.45) is -3.01. The van der Waals surface area contributed by atoms with Gasteiger partial charge in [-0.25, -0.2) is 0 Å². The normalized spacial score (nSPS) is 12.3. The van der Waals surface area contributed by atoms with Crippen LogP contribution in [0.25, 0.3) is 0 Å².